The highest BCUT2D eigenvalue weighted by molar-refractivity contribution is 5.94. The first kappa shape index (κ1) is 14.9. The van der Waals surface area contributed by atoms with Gasteiger partial charge in [-0.1, -0.05) is 0 Å². The molecule has 1 aromatic heterocycles. The van der Waals surface area contributed by atoms with E-state index >= 15 is 0 Å². The third-order valence-electron chi connectivity index (χ3n) is 2.99. The van der Waals surface area contributed by atoms with Crippen molar-refractivity contribution in [2.75, 3.05) is 19.0 Å². The van der Waals surface area contributed by atoms with Gasteiger partial charge in [-0.3, -0.25) is 9.48 Å². The minimum Gasteiger partial charge on any atom is -0.380 e. The zero-order valence-electron chi connectivity index (χ0n) is 10.8. The number of ether oxygens (including phenoxy) is 1. The summed E-state index contributed by atoms with van der Waals surface area (Å²) >= 11 is 0. The van der Waals surface area contributed by atoms with Crippen molar-refractivity contribution < 1.29 is 9.53 Å². The molecular weight excluding hydrogens is 256 g/mol. The Hall–Kier alpha value is -1.11. The second kappa shape index (κ2) is 6.17. The maximum atomic E-state index is 12.0. The summed E-state index contributed by atoms with van der Waals surface area (Å²) in [5.41, 5.74) is 0.886. The van der Waals surface area contributed by atoms with Crippen molar-refractivity contribution in [3.63, 3.8) is 0 Å². The largest absolute Gasteiger partial charge is 0.380 e. The quantitative estimate of drug-likeness (QED) is 0.841. The summed E-state index contributed by atoms with van der Waals surface area (Å²) in [6.45, 7) is 2.61. The molecule has 0 aromatic carbocycles. The first-order valence-corrected chi connectivity index (χ1v) is 5.68. The lowest BCUT2D eigenvalue weighted by atomic mass is 10.2. The number of anilines is 1. The van der Waals surface area contributed by atoms with Gasteiger partial charge in [0.25, 0.3) is 0 Å². The number of methoxy groups -OCH3 is 1. The van der Waals surface area contributed by atoms with E-state index < -0.39 is 0 Å². The topological polar surface area (TPSA) is 68.2 Å². The molecule has 7 heteroatoms. The molecule has 0 bridgehead atoms. The van der Waals surface area contributed by atoms with Crippen LogP contribution in [-0.4, -0.2) is 41.5 Å². The molecule has 1 fully saturated rings. The average molecular weight is 275 g/mol. The fourth-order valence-corrected chi connectivity index (χ4v) is 2.02. The summed E-state index contributed by atoms with van der Waals surface area (Å²) in [6.07, 6.45) is 0.832. The first-order valence-electron chi connectivity index (χ1n) is 5.68. The smallest absolute Gasteiger partial charge is 0.242 e. The summed E-state index contributed by atoms with van der Waals surface area (Å²) in [5, 5.41) is 10.2. The van der Waals surface area contributed by atoms with Gasteiger partial charge in [0.15, 0.2) is 0 Å². The van der Waals surface area contributed by atoms with Gasteiger partial charge in [0, 0.05) is 26.8 Å². The van der Waals surface area contributed by atoms with E-state index in [1.807, 2.05) is 20.0 Å². The minimum atomic E-state index is -0.185. The molecule has 1 aliphatic heterocycles. The molecule has 1 aliphatic rings. The Kier molecular flexibility index (Phi) is 5.13. The molecule has 0 unspecified atom stereocenters. The van der Waals surface area contributed by atoms with E-state index in [-0.39, 0.29) is 30.5 Å². The van der Waals surface area contributed by atoms with E-state index in [0.717, 1.165) is 18.1 Å². The number of nitrogens with zero attached hydrogens (tertiary/aromatic N) is 2. The number of halogens is 1. The number of rotatable bonds is 3. The monoisotopic (exact) mass is 274 g/mol. The summed E-state index contributed by atoms with van der Waals surface area (Å²) < 4.78 is 6.87. The van der Waals surface area contributed by atoms with Crippen LogP contribution in [-0.2, 0) is 16.6 Å². The van der Waals surface area contributed by atoms with Crippen molar-refractivity contribution in [1.29, 1.82) is 0 Å². The highest BCUT2D eigenvalue weighted by atomic mass is 35.5. The van der Waals surface area contributed by atoms with Crippen molar-refractivity contribution in [3.05, 3.63) is 11.8 Å². The molecule has 1 aromatic rings. The van der Waals surface area contributed by atoms with Gasteiger partial charge in [0.05, 0.1) is 17.8 Å². The molecule has 102 valence electrons. The number of aromatic nitrogens is 2. The maximum absolute atomic E-state index is 12.0. The zero-order chi connectivity index (χ0) is 12.4. The Morgan fingerprint density at radius 3 is 2.89 bits per heavy atom. The second-order valence-corrected chi connectivity index (χ2v) is 4.34. The molecule has 0 aliphatic carbocycles. The average Bonchev–Trinajstić information content (AvgIpc) is 2.86. The van der Waals surface area contributed by atoms with E-state index in [0.29, 0.717) is 6.42 Å². The molecule has 0 spiro atoms. The number of amides is 1. The highest BCUT2D eigenvalue weighted by Gasteiger charge is 2.29. The molecule has 2 N–H and O–H groups in total. The van der Waals surface area contributed by atoms with Crippen molar-refractivity contribution in [2.45, 2.75) is 25.5 Å². The summed E-state index contributed by atoms with van der Waals surface area (Å²) in [4.78, 5) is 12.0. The normalized spacial score (nSPS) is 22.6. The number of carbonyl (C=O) groups is 1. The Morgan fingerprint density at radius 2 is 2.39 bits per heavy atom. The van der Waals surface area contributed by atoms with Crippen molar-refractivity contribution in [3.8, 4) is 0 Å². The Labute approximate surface area is 112 Å². The lowest BCUT2D eigenvalue weighted by Crippen LogP contribution is -2.35. The number of hydrogen-bond donors (Lipinski definition) is 2. The van der Waals surface area contributed by atoms with Crippen LogP contribution in [0.3, 0.4) is 0 Å². The molecular formula is C11H19ClN4O2. The van der Waals surface area contributed by atoms with Gasteiger partial charge in [0.2, 0.25) is 5.91 Å². The van der Waals surface area contributed by atoms with Crippen LogP contribution in [0, 0.1) is 6.92 Å². The van der Waals surface area contributed by atoms with E-state index in [1.54, 1.807) is 11.8 Å². The number of aryl methyl sites for hydroxylation is 2. The van der Waals surface area contributed by atoms with Gasteiger partial charge in [0.1, 0.15) is 5.82 Å². The van der Waals surface area contributed by atoms with E-state index in [9.17, 15) is 4.79 Å². The standard InChI is InChI=1S/C11H18N4O2.ClH/c1-7-4-10(15(2)14-7)13-11(16)9-5-8(17-3)6-12-9;/h4,8-9,12H,5-6H2,1-3H3,(H,13,16);1H/t8-,9-;/m0./s1. The van der Waals surface area contributed by atoms with E-state index in [1.165, 1.54) is 0 Å². The highest BCUT2D eigenvalue weighted by Crippen LogP contribution is 2.13. The predicted molar refractivity (Wildman–Crippen MR) is 71.0 cm³/mol. The van der Waals surface area contributed by atoms with Crippen molar-refractivity contribution in [1.82, 2.24) is 15.1 Å². The minimum absolute atomic E-state index is 0. The summed E-state index contributed by atoms with van der Waals surface area (Å²) in [5.74, 6) is 0.683. The van der Waals surface area contributed by atoms with Crippen LogP contribution in [0.15, 0.2) is 6.07 Å². The van der Waals surface area contributed by atoms with Crippen molar-refractivity contribution >= 4 is 24.1 Å². The van der Waals surface area contributed by atoms with Crippen LogP contribution < -0.4 is 10.6 Å². The van der Waals surface area contributed by atoms with Crippen molar-refractivity contribution in [2.24, 2.45) is 7.05 Å². The predicted octanol–water partition coefficient (Wildman–Crippen LogP) is 0.466. The van der Waals surface area contributed by atoms with Gasteiger partial charge < -0.3 is 15.4 Å². The number of hydrogen-bond acceptors (Lipinski definition) is 4. The lowest BCUT2D eigenvalue weighted by Gasteiger charge is -2.11. The molecule has 0 radical (unpaired) electrons. The molecule has 1 amide bonds. The van der Waals surface area contributed by atoms with Crippen LogP contribution in [0.2, 0.25) is 0 Å². The van der Waals surface area contributed by atoms with Crippen LogP contribution in [0.5, 0.6) is 0 Å². The maximum Gasteiger partial charge on any atom is 0.242 e. The van der Waals surface area contributed by atoms with Gasteiger partial charge in [-0.15, -0.1) is 12.4 Å². The zero-order valence-corrected chi connectivity index (χ0v) is 11.6. The molecule has 18 heavy (non-hydrogen) atoms. The van der Waals surface area contributed by atoms with Gasteiger partial charge in [-0.05, 0) is 13.3 Å². The Balaban J connectivity index is 0.00000162. The van der Waals surface area contributed by atoms with E-state index in [4.69, 9.17) is 4.74 Å². The summed E-state index contributed by atoms with van der Waals surface area (Å²) in [7, 11) is 3.47. The second-order valence-electron chi connectivity index (χ2n) is 4.34. The molecule has 2 atom stereocenters. The van der Waals surface area contributed by atoms with Gasteiger partial charge in [-0.2, -0.15) is 5.10 Å². The molecule has 2 heterocycles. The first-order chi connectivity index (χ1) is 8.10. The molecule has 1 saturated heterocycles. The third-order valence-corrected chi connectivity index (χ3v) is 2.99. The van der Waals surface area contributed by atoms with Gasteiger partial charge >= 0.3 is 0 Å². The third kappa shape index (κ3) is 3.22. The van der Waals surface area contributed by atoms with Crippen LogP contribution >= 0.6 is 12.4 Å². The van der Waals surface area contributed by atoms with Gasteiger partial charge in [-0.25, -0.2) is 0 Å². The van der Waals surface area contributed by atoms with Crippen LogP contribution in [0.25, 0.3) is 0 Å². The summed E-state index contributed by atoms with van der Waals surface area (Å²) in [6, 6.07) is 1.66. The lowest BCUT2D eigenvalue weighted by molar-refractivity contribution is -0.118. The fraction of sp³-hybridized carbons (Fsp3) is 0.636. The molecule has 6 nitrogen and oxygen atoms in total. The Morgan fingerprint density at radius 1 is 1.67 bits per heavy atom. The Bertz CT molecular complexity index is 421. The SMILES string of the molecule is CO[C@@H]1CN[C@H](C(=O)Nc2cc(C)nn2C)C1.Cl. The van der Waals surface area contributed by atoms with Crippen LogP contribution in [0.4, 0.5) is 5.82 Å². The fourth-order valence-electron chi connectivity index (χ4n) is 2.02. The molecule has 2 rings (SSSR count). The number of nitrogens with one attached hydrogen (secondary N) is 2. The van der Waals surface area contributed by atoms with Crippen LogP contribution in [0.1, 0.15) is 12.1 Å². The number of carbonyl (C=O) groups excluding carboxylic acids is 1. The molecule has 0 saturated carbocycles. The van der Waals surface area contributed by atoms with E-state index in [2.05, 4.69) is 15.7 Å².